The molecule has 10 heteroatoms. The standard InChI is InChI=1S/C22H12F7N3/c23-14-11-9-13(10-12-14)19-30-20(21(24,25)26,22(27,28)29)32-18-8-4-2-6-16(18)15-5-1-3-7-17(15)31(19)32/h1-12H. The lowest BCUT2D eigenvalue weighted by molar-refractivity contribution is -0.292. The second-order valence-corrected chi connectivity index (χ2v) is 7.27. The van der Waals surface area contributed by atoms with E-state index in [-0.39, 0.29) is 27.5 Å². The Bertz CT molecular complexity index is 1220. The molecule has 164 valence electrons. The monoisotopic (exact) mass is 451 g/mol. The van der Waals surface area contributed by atoms with Gasteiger partial charge in [0.05, 0.1) is 11.4 Å². The third-order valence-corrected chi connectivity index (χ3v) is 5.42. The van der Waals surface area contributed by atoms with E-state index < -0.39 is 29.7 Å². The quantitative estimate of drug-likeness (QED) is 0.404. The van der Waals surface area contributed by atoms with Crippen molar-refractivity contribution in [1.29, 1.82) is 0 Å². The number of hydrazine groups is 1. The fraction of sp³-hybridized carbons (Fsp3) is 0.136. The maximum absolute atomic E-state index is 14.4. The van der Waals surface area contributed by atoms with Gasteiger partial charge in [-0.3, -0.25) is 0 Å². The van der Waals surface area contributed by atoms with Gasteiger partial charge >= 0.3 is 18.0 Å². The molecule has 3 aromatic rings. The molecule has 2 heterocycles. The largest absolute Gasteiger partial charge is 0.443 e. The second kappa shape index (κ2) is 6.47. The van der Waals surface area contributed by atoms with E-state index in [0.29, 0.717) is 5.56 Å². The molecule has 32 heavy (non-hydrogen) atoms. The maximum atomic E-state index is 14.4. The topological polar surface area (TPSA) is 18.8 Å². The van der Waals surface area contributed by atoms with Crippen molar-refractivity contribution in [2.24, 2.45) is 4.99 Å². The summed E-state index contributed by atoms with van der Waals surface area (Å²) in [5.41, 5.74) is -4.25. The van der Waals surface area contributed by atoms with Crippen LogP contribution in [0.4, 0.5) is 42.1 Å². The van der Waals surface area contributed by atoms with Gasteiger partial charge in [0.25, 0.3) is 0 Å². The van der Waals surface area contributed by atoms with Crippen molar-refractivity contribution in [3.05, 3.63) is 84.2 Å². The molecular weight excluding hydrogens is 439 g/mol. The van der Waals surface area contributed by atoms with Crippen LogP contribution < -0.4 is 10.0 Å². The minimum absolute atomic E-state index is 0.0876. The second-order valence-electron chi connectivity index (χ2n) is 7.27. The van der Waals surface area contributed by atoms with Crippen molar-refractivity contribution in [3.63, 3.8) is 0 Å². The fourth-order valence-corrected chi connectivity index (χ4v) is 4.08. The molecule has 2 aliphatic heterocycles. The zero-order chi connectivity index (χ0) is 22.9. The molecule has 0 aliphatic carbocycles. The van der Waals surface area contributed by atoms with Crippen molar-refractivity contribution < 1.29 is 30.7 Å². The highest BCUT2D eigenvalue weighted by atomic mass is 19.4. The number of rotatable bonds is 1. The van der Waals surface area contributed by atoms with Crippen molar-refractivity contribution in [2.75, 3.05) is 10.0 Å². The molecule has 0 aromatic heterocycles. The van der Waals surface area contributed by atoms with Crippen LogP contribution in [0.3, 0.4) is 0 Å². The van der Waals surface area contributed by atoms with Crippen molar-refractivity contribution >= 4 is 17.2 Å². The molecular formula is C22H12F7N3. The molecule has 5 rings (SSSR count). The van der Waals surface area contributed by atoms with E-state index in [4.69, 9.17) is 0 Å². The van der Waals surface area contributed by atoms with Gasteiger partial charge in [-0.25, -0.2) is 19.4 Å². The van der Waals surface area contributed by atoms with Gasteiger partial charge in [-0.15, -0.1) is 0 Å². The molecule has 0 saturated heterocycles. The third kappa shape index (κ3) is 2.58. The number of hydrogen-bond acceptors (Lipinski definition) is 3. The van der Waals surface area contributed by atoms with Crippen LogP contribution in [0.25, 0.3) is 11.1 Å². The summed E-state index contributed by atoms with van der Waals surface area (Å²) in [4.78, 5) is 3.30. The van der Waals surface area contributed by atoms with Gasteiger partial charge in [0.15, 0.2) is 5.84 Å². The zero-order valence-electron chi connectivity index (χ0n) is 15.9. The number of benzene rings is 3. The SMILES string of the molecule is Fc1ccc(C2=NC(C(F)(F)F)(C(F)(F)F)N3c4ccccc4-c4ccccc4N23)cc1. The number of amidine groups is 1. The van der Waals surface area contributed by atoms with Gasteiger partial charge in [-0.1, -0.05) is 36.4 Å². The number of aliphatic imine (C=N–C) groups is 1. The lowest BCUT2D eigenvalue weighted by atomic mass is 9.96. The molecule has 0 saturated carbocycles. The Hall–Kier alpha value is -3.56. The number of hydrogen-bond donors (Lipinski definition) is 0. The molecule has 0 radical (unpaired) electrons. The van der Waals surface area contributed by atoms with Crippen LogP contribution in [0.15, 0.2) is 77.8 Å². The van der Waals surface area contributed by atoms with E-state index in [2.05, 4.69) is 4.99 Å². The van der Waals surface area contributed by atoms with Crippen LogP contribution in [0.2, 0.25) is 0 Å². The normalized spacial score (nSPS) is 16.9. The number of halogens is 7. The van der Waals surface area contributed by atoms with Crippen LogP contribution in [0.1, 0.15) is 5.56 Å². The van der Waals surface area contributed by atoms with Crippen molar-refractivity contribution in [2.45, 2.75) is 18.0 Å². The number of alkyl halides is 6. The van der Waals surface area contributed by atoms with Gasteiger partial charge in [-0.2, -0.15) is 26.3 Å². The summed E-state index contributed by atoms with van der Waals surface area (Å²) in [6.45, 7) is 0. The maximum Gasteiger partial charge on any atom is 0.443 e. The Kier molecular flexibility index (Phi) is 4.12. The van der Waals surface area contributed by atoms with Gasteiger partial charge in [0, 0.05) is 16.7 Å². The van der Waals surface area contributed by atoms with Crippen LogP contribution in [-0.4, -0.2) is 23.9 Å². The first-order valence-electron chi connectivity index (χ1n) is 9.34. The van der Waals surface area contributed by atoms with E-state index in [0.717, 1.165) is 29.3 Å². The summed E-state index contributed by atoms with van der Waals surface area (Å²) in [5.74, 6) is -1.28. The summed E-state index contributed by atoms with van der Waals surface area (Å²) >= 11 is 0. The molecule has 3 nitrogen and oxygen atoms in total. The minimum Gasteiger partial charge on any atom is -0.234 e. The molecule has 2 aliphatic rings. The first-order valence-corrected chi connectivity index (χ1v) is 9.34. The average Bonchev–Trinajstić information content (AvgIpc) is 3.13. The van der Waals surface area contributed by atoms with E-state index in [9.17, 15) is 30.7 Å². The molecule has 0 amide bonds. The summed E-state index contributed by atoms with van der Waals surface area (Å²) in [6.07, 6.45) is -11.7. The van der Waals surface area contributed by atoms with Gasteiger partial charge in [-0.05, 0) is 36.4 Å². The van der Waals surface area contributed by atoms with Gasteiger partial charge in [0.1, 0.15) is 5.82 Å². The zero-order valence-corrected chi connectivity index (χ0v) is 15.9. The number of fused-ring (bicyclic) bond motifs is 6. The Morgan fingerprint density at radius 1 is 0.656 bits per heavy atom. The lowest BCUT2D eigenvalue weighted by Gasteiger charge is -2.46. The molecule has 0 spiro atoms. The van der Waals surface area contributed by atoms with E-state index in [1.54, 1.807) is 12.1 Å². The van der Waals surface area contributed by atoms with Crippen LogP contribution in [0, 0.1) is 5.82 Å². The van der Waals surface area contributed by atoms with Gasteiger partial charge < -0.3 is 0 Å². The average molecular weight is 451 g/mol. The minimum atomic E-state index is -5.83. The van der Waals surface area contributed by atoms with Gasteiger partial charge in [0.2, 0.25) is 0 Å². The highest BCUT2D eigenvalue weighted by Gasteiger charge is 2.79. The molecule has 0 N–H and O–H groups in total. The third-order valence-electron chi connectivity index (χ3n) is 5.42. The summed E-state index contributed by atoms with van der Waals surface area (Å²) in [6, 6.07) is 15.8. The Morgan fingerprint density at radius 2 is 1.16 bits per heavy atom. The van der Waals surface area contributed by atoms with E-state index in [1.165, 1.54) is 36.4 Å². The Labute approximate surface area is 177 Å². The van der Waals surface area contributed by atoms with E-state index >= 15 is 0 Å². The highest BCUT2D eigenvalue weighted by molar-refractivity contribution is 6.17. The summed E-state index contributed by atoms with van der Waals surface area (Å²) < 4.78 is 99.6. The van der Waals surface area contributed by atoms with Crippen LogP contribution in [0.5, 0.6) is 0 Å². The molecule has 0 bridgehead atoms. The smallest absolute Gasteiger partial charge is 0.234 e. The number of nitrogens with zero attached hydrogens (tertiary/aromatic N) is 3. The predicted octanol–water partition coefficient (Wildman–Crippen LogP) is 6.32. The highest BCUT2D eigenvalue weighted by Crippen LogP contribution is 2.58. The number of anilines is 2. The fourth-order valence-electron chi connectivity index (χ4n) is 4.08. The number of para-hydroxylation sites is 2. The Balaban J connectivity index is 1.90. The first kappa shape index (κ1) is 20.3. The van der Waals surface area contributed by atoms with Crippen molar-refractivity contribution in [3.8, 4) is 11.1 Å². The predicted molar refractivity (Wildman–Crippen MR) is 105 cm³/mol. The van der Waals surface area contributed by atoms with E-state index in [1.807, 2.05) is 0 Å². The lowest BCUT2D eigenvalue weighted by Crippen LogP contribution is -2.68. The summed E-state index contributed by atoms with van der Waals surface area (Å²) in [5, 5.41) is 0.954. The molecule has 0 fully saturated rings. The molecule has 0 unspecified atom stereocenters. The molecule has 3 aromatic carbocycles. The van der Waals surface area contributed by atoms with Crippen LogP contribution >= 0.6 is 0 Å². The Morgan fingerprint density at radius 3 is 1.72 bits per heavy atom. The summed E-state index contributed by atoms with van der Waals surface area (Å²) in [7, 11) is 0. The first-order chi connectivity index (χ1) is 15.1. The van der Waals surface area contributed by atoms with Crippen LogP contribution in [-0.2, 0) is 0 Å². The van der Waals surface area contributed by atoms with Crippen molar-refractivity contribution in [1.82, 2.24) is 0 Å². The molecule has 0 atom stereocenters.